The lowest BCUT2D eigenvalue weighted by atomic mass is 9.79. The molecule has 1 heterocycles. The number of ether oxygens (including phenoxy) is 1. The fourth-order valence-electron chi connectivity index (χ4n) is 3.74. The summed E-state index contributed by atoms with van der Waals surface area (Å²) in [4.78, 5) is 23.8. The fraction of sp³-hybridized carbons (Fsp3) is 0.611. The van der Waals surface area contributed by atoms with Crippen molar-refractivity contribution in [1.82, 2.24) is 0 Å². The van der Waals surface area contributed by atoms with E-state index in [9.17, 15) is 4.79 Å². The summed E-state index contributed by atoms with van der Waals surface area (Å²) in [6.07, 6.45) is 1.56. The highest BCUT2D eigenvalue weighted by Gasteiger charge is 2.67. The number of carbonyl (C=O) groups is 1. The molecule has 0 atom stereocenters. The maximum atomic E-state index is 11.9. The van der Waals surface area contributed by atoms with Crippen LogP contribution in [0.1, 0.15) is 47.5 Å². The summed E-state index contributed by atoms with van der Waals surface area (Å²) in [6.45, 7) is 9.61. The van der Waals surface area contributed by atoms with E-state index < -0.39 is 11.1 Å². The first-order valence-electron chi connectivity index (χ1n) is 8.00. The van der Waals surface area contributed by atoms with E-state index in [1.165, 1.54) is 6.92 Å². The monoisotopic (exact) mass is 322 g/mol. The third-order valence-electron chi connectivity index (χ3n) is 4.62. The number of hydrogen-bond donors (Lipinski definition) is 0. The Hall–Kier alpha value is -1.59. The number of quaternary nitrogens is 1. The highest BCUT2D eigenvalue weighted by atomic mass is 17.0. The first-order valence-corrected chi connectivity index (χ1v) is 8.00. The molecule has 128 valence electrons. The summed E-state index contributed by atoms with van der Waals surface area (Å²) in [6, 6.07) is 9.48. The van der Waals surface area contributed by atoms with Crippen molar-refractivity contribution in [2.75, 3.05) is 7.11 Å². The van der Waals surface area contributed by atoms with Crippen LogP contribution in [0.3, 0.4) is 0 Å². The van der Waals surface area contributed by atoms with Gasteiger partial charge in [0, 0.05) is 26.9 Å². The molecule has 0 amide bonds. The molecule has 0 N–H and O–H groups in total. The highest BCUT2D eigenvalue weighted by Crippen LogP contribution is 2.47. The molecular weight excluding hydrogens is 294 g/mol. The van der Waals surface area contributed by atoms with E-state index in [2.05, 4.69) is 0 Å². The van der Waals surface area contributed by atoms with E-state index in [-0.39, 0.29) is 16.9 Å². The van der Waals surface area contributed by atoms with Crippen LogP contribution in [-0.2, 0) is 14.4 Å². The Balaban J connectivity index is 2.51. The van der Waals surface area contributed by atoms with E-state index >= 15 is 0 Å². The topological polar surface area (TPSA) is 44.8 Å². The Bertz CT molecular complexity index is 535. The molecule has 1 aromatic rings. The van der Waals surface area contributed by atoms with Crippen molar-refractivity contribution in [3.63, 3.8) is 0 Å². The van der Waals surface area contributed by atoms with Gasteiger partial charge >= 0.3 is 5.97 Å². The Morgan fingerprint density at radius 2 is 1.61 bits per heavy atom. The molecule has 0 aliphatic carbocycles. The van der Waals surface area contributed by atoms with Crippen LogP contribution in [0.5, 0.6) is 5.75 Å². The number of nitrogens with zero attached hydrogens (tertiary/aromatic N) is 1. The van der Waals surface area contributed by atoms with Crippen molar-refractivity contribution in [3.8, 4) is 5.75 Å². The lowest BCUT2D eigenvalue weighted by Crippen LogP contribution is -2.76. The fourth-order valence-corrected chi connectivity index (χ4v) is 3.74. The summed E-state index contributed by atoms with van der Waals surface area (Å²) in [5, 5.41) is 0. The quantitative estimate of drug-likeness (QED) is 0.794. The summed E-state index contributed by atoms with van der Waals surface area (Å²) in [5.74, 6) is 0.309. The second kappa shape index (κ2) is 6.13. The summed E-state index contributed by atoms with van der Waals surface area (Å²) < 4.78 is 5.60. The zero-order valence-electron chi connectivity index (χ0n) is 15.0. The minimum atomic E-state index is -0.468. The zero-order valence-corrected chi connectivity index (χ0v) is 15.0. The van der Waals surface area contributed by atoms with Crippen molar-refractivity contribution in [2.45, 2.75) is 64.6 Å². The van der Waals surface area contributed by atoms with Gasteiger partial charge < -0.3 is 4.74 Å². The second-order valence-electron chi connectivity index (χ2n) is 7.43. The molecule has 0 bridgehead atoms. The van der Waals surface area contributed by atoms with E-state index in [1.54, 1.807) is 7.11 Å². The molecule has 1 aromatic carbocycles. The number of hydrogen-bond acceptors (Lipinski definition) is 4. The van der Waals surface area contributed by atoms with Gasteiger partial charge in [-0.15, -0.1) is 0 Å². The average Bonchev–Trinajstić information content (AvgIpc) is 2.44. The van der Waals surface area contributed by atoms with Crippen molar-refractivity contribution in [2.24, 2.45) is 0 Å². The maximum Gasteiger partial charge on any atom is 0.369 e. The number of hydroxylamine groups is 4. The standard InChI is InChI=1S/C18H28NO4/c1-14(20)22-19(23-15-10-8-7-9-11-15)17(2,3)12-16(21-6)13-18(19,4)5/h7-11,16H,12-13H2,1-6H3/q+1. The largest absolute Gasteiger partial charge is 0.381 e. The molecule has 0 spiro atoms. The van der Waals surface area contributed by atoms with E-state index in [1.807, 2.05) is 58.0 Å². The number of methoxy groups -OCH3 is 1. The van der Waals surface area contributed by atoms with Crippen LogP contribution in [0.25, 0.3) is 0 Å². The van der Waals surface area contributed by atoms with Gasteiger partial charge in [0.25, 0.3) is 0 Å². The highest BCUT2D eigenvalue weighted by molar-refractivity contribution is 5.65. The van der Waals surface area contributed by atoms with Gasteiger partial charge in [0.1, 0.15) is 0 Å². The van der Waals surface area contributed by atoms with Gasteiger partial charge in [-0.2, -0.15) is 0 Å². The normalized spacial score (nSPS) is 28.9. The second-order valence-corrected chi connectivity index (χ2v) is 7.43. The lowest BCUT2D eigenvalue weighted by molar-refractivity contribution is -1.27. The molecule has 1 fully saturated rings. The number of benzene rings is 1. The van der Waals surface area contributed by atoms with Crippen LogP contribution < -0.4 is 4.84 Å². The SMILES string of the molecule is COC1CC(C)(C)[N+](OC(C)=O)(Oc2ccccc2)C(C)(C)C1. The minimum absolute atomic E-state index is 0.0983. The molecule has 1 aliphatic rings. The predicted octanol–water partition coefficient (Wildman–Crippen LogP) is 3.64. The first kappa shape index (κ1) is 17.8. The van der Waals surface area contributed by atoms with Gasteiger partial charge in [0.15, 0.2) is 16.8 Å². The maximum absolute atomic E-state index is 11.9. The molecule has 0 radical (unpaired) electrons. The smallest absolute Gasteiger partial charge is 0.369 e. The van der Waals surface area contributed by atoms with Gasteiger partial charge in [-0.25, -0.2) is 9.63 Å². The van der Waals surface area contributed by atoms with Crippen LogP contribution in [0, 0.1) is 0 Å². The Morgan fingerprint density at radius 3 is 2.04 bits per heavy atom. The summed E-state index contributed by atoms with van der Waals surface area (Å²) in [5.41, 5.74) is -0.937. The van der Waals surface area contributed by atoms with Crippen LogP contribution in [0.2, 0.25) is 0 Å². The summed E-state index contributed by atoms with van der Waals surface area (Å²) >= 11 is 0. The van der Waals surface area contributed by atoms with Crippen LogP contribution in [-0.4, -0.2) is 35.1 Å². The number of carbonyl (C=O) groups excluding carboxylic acids is 1. The predicted molar refractivity (Wildman–Crippen MR) is 87.3 cm³/mol. The van der Waals surface area contributed by atoms with Gasteiger partial charge in [-0.05, 0) is 39.8 Å². The number of piperidine rings is 1. The van der Waals surface area contributed by atoms with Gasteiger partial charge in [-0.1, -0.05) is 18.2 Å². The number of para-hydroxylation sites is 1. The molecule has 5 nitrogen and oxygen atoms in total. The van der Waals surface area contributed by atoms with E-state index in [0.717, 1.165) is 12.8 Å². The Morgan fingerprint density at radius 1 is 1.09 bits per heavy atom. The lowest BCUT2D eigenvalue weighted by Gasteiger charge is -2.55. The molecular formula is C18H28NO4+. The third-order valence-corrected chi connectivity index (χ3v) is 4.62. The minimum Gasteiger partial charge on any atom is -0.381 e. The molecule has 23 heavy (non-hydrogen) atoms. The molecule has 5 heteroatoms. The van der Waals surface area contributed by atoms with Gasteiger partial charge in [-0.3, -0.25) is 4.84 Å². The van der Waals surface area contributed by atoms with E-state index in [0.29, 0.717) is 5.75 Å². The molecule has 2 rings (SSSR count). The Labute approximate surface area is 138 Å². The van der Waals surface area contributed by atoms with Crippen LogP contribution in [0.4, 0.5) is 0 Å². The van der Waals surface area contributed by atoms with Gasteiger partial charge in [0.05, 0.1) is 10.9 Å². The third kappa shape index (κ3) is 3.21. The van der Waals surface area contributed by atoms with Crippen LogP contribution >= 0.6 is 0 Å². The molecule has 0 unspecified atom stereocenters. The van der Waals surface area contributed by atoms with Crippen molar-refractivity contribution >= 4 is 5.97 Å². The molecule has 1 saturated heterocycles. The molecule has 1 aliphatic heterocycles. The van der Waals surface area contributed by atoms with E-state index in [4.69, 9.17) is 14.4 Å². The molecule has 0 aromatic heterocycles. The van der Waals surface area contributed by atoms with Crippen molar-refractivity contribution < 1.29 is 24.0 Å². The summed E-state index contributed by atoms with van der Waals surface area (Å²) in [7, 11) is 1.72. The number of rotatable bonds is 4. The molecule has 0 saturated carbocycles. The Kier molecular flexibility index (Phi) is 4.74. The average molecular weight is 322 g/mol. The van der Waals surface area contributed by atoms with Crippen molar-refractivity contribution in [3.05, 3.63) is 30.3 Å². The first-order chi connectivity index (χ1) is 10.6. The van der Waals surface area contributed by atoms with Crippen molar-refractivity contribution in [1.29, 1.82) is 0 Å². The van der Waals surface area contributed by atoms with Gasteiger partial charge in [0.2, 0.25) is 0 Å². The van der Waals surface area contributed by atoms with Crippen LogP contribution in [0.15, 0.2) is 30.3 Å². The zero-order chi connectivity index (χ0) is 17.3.